The maximum absolute atomic E-state index is 10.8. The highest BCUT2D eigenvalue weighted by Gasteiger charge is 2.15. The van der Waals surface area contributed by atoms with Gasteiger partial charge in [-0.05, 0) is 21.5 Å². The number of hydrogen-bond donors (Lipinski definition) is 0. The van der Waals surface area contributed by atoms with Crippen molar-refractivity contribution in [1.82, 2.24) is 9.55 Å². The topological polar surface area (TPSA) is 84.8 Å². The zero-order valence-corrected chi connectivity index (χ0v) is 10.7. The van der Waals surface area contributed by atoms with Crippen LogP contribution in [0, 0.1) is 21.4 Å². The number of nitro groups is 1. The Bertz CT molecular complexity index is 645. The highest BCUT2D eigenvalue weighted by molar-refractivity contribution is 9.10. The van der Waals surface area contributed by atoms with E-state index in [-0.39, 0.29) is 11.5 Å². The summed E-state index contributed by atoms with van der Waals surface area (Å²) in [6.07, 6.45) is 3.17. The molecule has 0 bridgehead atoms. The second kappa shape index (κ2) is 4.98. The van der Waals surface area contributed by atoms with Gasteiger partial charge in [0.15, 0.2) is 0 Å². The molecular weight excluding hydrogens is 300 g/mol. The van der Waals surface area contributed by atoms with Gasteiger partial charge in [-0.2, -0.15) is 5.26 Å². The van der Waals surface area contributed by atoms with Gasteiger partial charge in [-0.3, -0.25) is 10.1 Å². The van der Waals surface area contributed by atoms with E-state index in [2.05, 4.69) is 20.9 Å². The van der Waals surface area contributed by atoms with Crippen LogP contribution in [0.3, 0.4) is 0 Å². The van der Waals surface area contributed by atoms with E-state index in [9.17, 15) is 10.1 Å². The lowest BCUT2D eigenvalue weighted by Gasteiger charge is -2.06. The van der Waals surface area contributed by atoms with Gasteiger partial charge in [-0.15, -0.1) is 0 Å². The molecule has 0 spiro atoms. The zero-order valence-electron chi connectivity index (χ0n) is 9.08. The largest absolute Gasteiger partial charge is 0.318 e. The van der Waals surface area contributed by atoms with Gasteiger partial charge >= 0.3 is 0 Å². The molecule has 90 valence electrons. The third kappa shape index (κ3) is 2.24. The van der Waals surface area contributed by atoms with Gasteiger partial charge in [0.25, 0.3) is 5.69 Å². The molecule has 6 nitrogen and oxygen atoms in total. The van der Waals surface area contributed by atoms with Crippen LogP contribution in [0.4, 0.5) is 5.69 Å². The Morgan fingerprint density at radius 3 is 3.00 bits per heavy atom. The molecule has 2 rings (SSSR count). The van der Waals surface area contributed by atoms with E-state index in [0.717, 1.165) is 5.56 Å². The summed E-state index contributed by atoms with van der Waals surface area (Å²) in [5.74, 6) is 0.272. The zero-order chi connectivity index (χ0) is 13.1. The third-order valence-electron chi connectivity index (χ3n) is 2.41. The number of nitrogens with zero attached hydrogens (tertiary/aromatic N) is 4. The predicted molar refractivity (Wildman–Crippen MR) is 66.8 cm³/mol. The fourth-order valence-electron chi connectivity index (χ4n) is 1.56. The monoisotopic (exact) mass is 306 g/mol. The van der Waals surface area contributed by atoms with Gasteiger partial charge in [0.05, 0.1) is 11.5 Å². The minimum absolute atomic E-state index is 0.00567. The van der Waals surface area contributed by atoms with Crippen molar-refractivity contribution in [2.75, 3.05) is 0 Å². The Kier molecular flexibility index (Phi) is 3.39. The van der Waals surface area contributed by atoms with Crippen molar-refractivity contribution in [2.24, 2.45) is 0 Å². The Balaban J connectivity index is 2.39. The average molecular weight is 307 g/mol. The van der Waals surface area contributed by atoms with Crippen molar-refractivity contribution in [3.8, 4) is 6.07 Å². The molecule has 0 saturated carbocycles. The molecule has 0 amide bonds. The summed E-state index contributed by atoms with van der Waals surface area (Å²) in [4.78, 5) is 14.2. The number of imidazole rings is 1. The van der Waals surface area contributed by atoms with Crippen LogP contribution in [0.2, 0.25) is 0 Å². The van der Waals surface area contributed by atoms with Crippen molar-refractivity contribution >= 4 is 21.6 Å². The van der Waals surface area contributed by atoms with Crippen molar-refractivity contribution in [3.63, 3.8) is 0 Å². The average Bonchev–Trinajstić information content (AvgIpc) is 2.78. The van der Waals surface area contributed by atoms with Gasteiger partial charge in [-0.1, -0.05) is 12.1 Å². The standard InChI is InChI=1S/C11H7BrN4O2/c12-11-8(2-1-3-9(11)16(17)18)7-15-5-4-14-10(15)6-13/h1-5H,7H2. The normalized spacial score (nSPS) is 10.0. The number of halogens is 1. The number of nitriles is 1. The van der Waals surface area contributed by atoms with Gasteiger partial charge < -0.3 is 4.57 Å². The molecule has 0 aliphatic carbocycles. The maximum Gasteiger partial charge on any atom is 0.283 e. The first kappa shape index (κ1) is 12.3. The molecule has 0 atom stereocenters. The number of benzene rings is 1. The third-order valence-corrected chi connectivity index (χ3v) is 3.33. The lowest BCUT2D eigenvalue weighted by Crippen LogP contribution is -2.03. The summed E-state index contributed by atoms with van der Waals surface area (Å²) in [6, 6.07) is 6.75. The van der Waals surface area contributed by atoms with Crippen LogP contribution in [0.25, 0.3) is 0 Å². The number of rotatable bonds is 3. The molecule has 1 aromatic heterocycles. The van der Waals surface area contributed by atoms with E-state index in [4.69, 9.17) is 5.26 Å². The van der Waals surface area contributed by atoms with Crippen LogP contribution in [0.5, 0.6) is 0 Å². The molecule has 7 heteroatoms. The molecule has 2 aromatic rings. The molecular formula is C11H7BrN4O2. The highest BCUT2D eigenvalue weighted by atomic mass is 79.9. The Labute approximate surface area is 111 Å². The fraction of sp³-hybridized carbons (Fsp3) is 0.0909. The lowest BCUT2D eigenvalue weighted by molar-refractivity contribution is -0.385. The molecule has 1 aromatic carbocycles. The lowest BCUT2D eigenvalue weighted by atomic mass is 10.2. The van der Waals surface area contributed by atoms with Crippen molar-refractivity contribution < 1.29 is 4.92 Å². The van der Waals surface area contributed by atoms with Crippen LogP contribution >= 0.6 is 15.9 Å². The van der Waals surface area contributed by atoms with Crippen LogP contribution in [0.15, 0.2) is 35.1 Å². The summed E-state index contributed by atoms with van der Waals surface area (Å²) in [7, 11) is 0. The molecule has 0 aliphatic rings. The SMILES string of the molecule is N#Cc1nccn1Cc1cccc([N+](=O)[O-])c1Br. The molecule has 0 aliphatic heterocycles. The van der Waals surface area contributed by atoms with Crippen LogP contribution in [0.1, 0.15) is 11.4 Å². The molecule has 0 fully saturated rings. The smallest absolute Gasteiger partial charge is 0.283 e. The predicted octanol–water partition coefficient (Wildman–Crippen LogP) is 2.47. The Hall–Kier alpha value is -2.20. The first-order valence-electron chi connectivity index (χ1n) is 4.96. The summed E-state index contributed by atoms with van der Waals surface area (Å²) in [5.41, 5.74) is 0.727. The minimum Gasteiger partial charge on any atom is -0.318 e. The second-order valence-electron chi connectivity index (χ2n) is 3.50. The van der Waals surface area contributed by atoms with Gasteiger partial charge in [0.1, 0.15) is 10.5 Å². The highest BCUT2D eigenvalue weighted by Crippen LogP contribution is 2.28. The van der Waals surface area contributed by atoms with E-state index < -0.39 is 4.92 Å². The van der Waals surface area contributed by atoms with Crippen LogP contribution < -0.4 is 0 Å². The van der Waals surface area contributed by atoms with Crippen molar-refractivity contribution in [1.29, 1.82) is 5.26 Å². The van der Waals surface area contributed by atoms with E-state index >= 15 is 0 Å². The summed E-state index contributed by atoms with van der Waals surface area (Å²) < 4.78 is 2.05. The minimum atomic E-state index is -0.452. The van der Waals surface area contributed by atoms with Crippen molar-refractivity contribution in [3.05, 3.63) is 56.6 Å². The second-order valence-corrected chi connectivity index (χ2v) is 4.29. The Morgan fingerprint density at radius 1 is 1.56 bits per heavy atom. The molecule has 0 saturated heterocycles. The first-order valence-corrected chi connectivity index (χ1v) is 5.76. The Morgan fingerprint density at radius 2 is 2.33 bits per heavy atom. The molecule has 1 heterocycles. The number of nitro benzene ring substituents is 1. The van der Waals surface area contributed by atoms with Gasteiger partial charge in [0.2, 0.25) is 5.82 Å². The van der Waals surface area contributed by atoms with Crippen molar-refractivity contribution in [2.45, 2.75) is 6.54 Å². The molecule has 0 unspecified atom stereocenters. The molecule has 18 heavy (non-hydrogen) atoms. The van der Waals surface area contributed by atoms with Gasteiger partial charge in [0, 0.05) is 18.5 Å². The summed E-state index contributed by atoms with van der Waals surface area (Å²) in [5, 5.41) is 19.6. The van der Waals surface area contributed by atoms with E-state index in [1.807, 2.05) is 6.07 Å². The van der Waals surface area contributed by atoms with E-state index in [0.29, 0.717) is 11.0 Å². The quantitative estimate of drug-likeness (QED) is 0.644. The molecule has 0 radical (unpaired) electrons. The summed E-state index contributed by atoms with van der Waals surface area (Å²) >= 11 is 3.22. The summed E-state index contributed by atoms with van der Waals surface area (Å²) in [6.45, 7) is 0.352. The van der Waals surface area contributed by atoms with Gasteiger partial charge in [-0.25, -0.2) is 4.98 Å². The van der Waals surface area contributed by atoms with Crippen LogP contribution in [-0.4, -0.2) is 14.5 Å². The first-order chi connectivity index (χ1) is 8.63. The molecule has 0 N–H and O–H groups in total. The number of aromatic nitrogens is 2. The fourth-order valence-corrected chi connectivity index (χ4v) is 2.10. The van der Waals surface area contributed by atoms with E-state index in [1.165, 1.54) is 12.3 Å². The maximum atomic E-state index is 10.8. The number of hydrogen-bond acceptors (Lipinski definition) is 4. The van der Waals surface area contributed by atoms with E-state index in [1.54, 1.807) is 22.9 Å². The van der Waals surface area contributed by atoms with Crippen LogP contribution in [-0.2, 0) is 6.54 Å².